The first kappa shape index (κ1) is 8.86. The van der Waals surface area contributed by atoms with Crippen molar-refractivity contribution in [2.75, 3.05) is 23.8 Å². The van der Waals surface area contributed by atoms with Gasteiger partial charge in [0, 0.05) is 19.3 Å². The molecule has 2 heterocycles. The van der Waals surface area contributed by atoms with Gasteiger partial charge in [0.15, 0.2) is 0 Å². The summed E-state index contributed by atoms with van der Waals surface area (Å²) in [4.78, 5) is 10.1. The first-order chi connectivity index (χ1) is 6.77. The molecule has 0 bridgehead atoms. The van der Waals surface area contributed by atoms with E-state index in [1.54, 1.807) is 6.20 Å². The molecule has 2 rings (SSSR count). The number of imidazole rings is 1. The molecule has 0 spiro atoms. The predicted octanol–water partition coefficient (Wildman–Crippen LogP) is 0.0908. The maximum atomic E-state index is 5.80. The molecule has 2 N–H and O–H groups in total. The number of hydrogen-bond acceptors (Lipinski definition) is 4. The Kier molecular flexibility index (Phi) is 2.03. The van der Waals surface area contributed by atoms with Gasteiger partial charge in [-0.05, 0) is 13.8 Å². The summed E-state index contributed by atoms with van der Waals surface area (Å²) in [5.74, 6) is 1.10. The largest absolute Gasteiger partial charge is 0.367 e. The lowest BCUT2D eigenvalue weighted by atomic mass is 10.6. The van der Waals surface area contributed by atoms with E-state index >= 15 is 0 Å². The Morgan fingerprint density at radius 1 is 1.43 bits per heavy atom. The molecule has 2 aromatic heterocycles. The van der Waals surface area contributed by atoms with Gasteiger partial charge >= 0.3 is 0 Å². The molecule has 0 radical (unpaired) electrons. The highest BCUT2D eigenvalue weighted by Crippen LogP contribution is 2.06. The molecule has 0 aliphatic heterocycles. The zero-order valence-electron chi connectivity index (χ0n) is 8.38. The van der Waals surface area contributed by atoms with E-state index in [-0.39, 0.29) is 0 Å². The zero-order chi connectivity index (χ0) is 10.1. The van der Waals surface area contributed by atoms with Gasteiger partial charge in [0.25, 0.3) is 5.78 Å². The summed E-state index contributed by atoms with van der Waals surface area (Å²) in [7, 11) is 0. The molecule has 0 fully saturated rings. The normalized spacial score (nSPS) is 11.0. The number of aromatic nitrogens is 4. The Balaban J connectivity index is 2.57. The average molecular weight is 194 g/mol. The van der Waals surface area contributed by atoms with Gasteiger partial charge in [-0.1, -0.05) is 0 Å². The first-order valence-electron chi connectivity index (χ1n) is 4.70. The molecule has 2 aromatic rings. The predicted molar refractivity (Wildman–Crippen MR) is 54.7 cm³/mol. The van der Waals surface area contributed by atoms with Gasteiger partial charge in [-0.2, -0.15) is 9.77 Å². The van der Waals surface area contributed by atoms with Crippen molar-refractivity contribution in [2.45, 2.75) is 13.8 Å². The van der Waals surface area contributed by atoms with Crippen LogP contribution in [0.2, 0.25) is 0 Å². The Hall–Kier alpha value is -1.72. The molecule has 0 saturated heterocycles. The lowest BCUT2D eigenvalue weighted by molar-refractivity contribution is 0.537. The van der Waals surface area contributed by atoms with Crippen LogP contribution in [0.3, 0.4) is 0 Å². The second kappa shape index (κ2) is 3.21. The molecule has 0 aliphatic carbocycles. The average Bonchev–Trinajstić information content (AvgIpc) is 2.70. The zero-order valence-corrected chi connectivity index (χ0v) is 8.38. The van der Waals surface area contributed by atoms with Crippen LogP contribution in [-0.4, -0.2) is 32.4 Å². The molecule has 6 heteroatoms. The van der Waals surface area contributed by atoms with Crippen LogP contribution in [0.25, 0.3) is 5.78 Å². The highest BCUT2D eigenvalue weighted by Gasteiger charge is 2.11. The van der Waals surface area contributed by atoms with E-state index in [1.165, 1.54) is 0 Å². The monoisotopic (exact) mass is 194 g/mol. The summed E-state index contributed by atoms with van der Waals surface area (Å²) < 4.78 is 1.84. The summed E-state index contributed by atoms with van der Waals surface area (Å²) in [6, 6.07) is 0. The van der Waals surface area contributed by atoms with Crippen molar-refractivity contribution >= 4 is 11.7 Å². The number of nitrogens with two attached hydrogens (primary N) is 1. The van der Waals surface area contributed by atoms with Crippen LogP contribution in [0.4, 0.5) is 5.95 Å². The molecule has 76 valence electrons. The van der Waals surface area contributed by atoms with Crippen LogP contribution in [0.15, 0.2) is 12.4 Å². The topological polar surface area (TPSA) is 64.4 Å². The summed E-state index contributed by atoms with van der Waals surface area (Å²) in [5.41, 5.74) is 5.80. The lowest BCUT2D eigenvalue weighted by Gasteiger charge is -2.22. The Labute approximate surface area is 81.9 Å². The quantitative estimate of drug-likeness (QED) is 0.752. The molecule has 0 aromatic carbocycles. The van der Waals surface area contributed by atoms with Crippen molar-refractivity contribution in [1.82, 2.24) is 19.3 Å². The van der Waals surface area contributed by atoms with Crippen molar-refractivity contribution in [3.05, 3.63) is 12.4 Å². The van der Waals surface area contributed by atoms with Gasteiger partial charge in [0.05, 0.1) is 6.20 Å². The third kappa shape index (κ3) is 1.11. The SMILES string of the molecule is CCN(CC)n1c(N)nc2nccn21. The van der Waals surface area contributed by atoms with Gasteiger partial charge in [-0.25, -0.2) is 9.50 Å². The maximum Gasteiger partial charge on any atom is 0.253 e. The second-order valence-electron chi connectivity index (χ2n) is 2.97. The third-order valence-corrected chi connectivity index (χ3v) is 2.22. The fraction of sp³-hybridized carbons (Fsp3) is 0.500. The third-order valence-electron chi connectivity index (χ3n) is 2.22. The summed E-state index contributed by atoms with van der Waals surface area (Å²) in [6.07, 6.45) is 3.55. The molecule has 0 unspecified atom stereocenters. The number of fused-ring (bicyclic) bond motifs is 1. The van der Waals surface area contributed by atoms with E-state index < -0.39 is 0 Å². The first-order valence-corrected chi connectivity index (χ1v) is 4.70. The minimum atomic E-state index is 0.469. The maximum absolute atomic E-state index is 5.80. The van der Waals surface area contributed by atoms with Crippen LogP contribution < -0.4 is 10.7 Å². The molecular formula is C8H14N6. The van der Waals surface area contributed by atoms with Crippen molar-refractivity contribution in [3.63, 3.8) is 0 Å². The molecular weight excluding hydrogens is 180 g/mol. The van der Waals surface area contributed by atoms with E-state index in [1.807, 2.05) is 15.5 Å². The van der Waals surface area contributed by atoms with Gasteiger partial charge in [0.2, 0.25) is 5.95 Å². The molecule has 0 atom stereocenters. The number of anilines is 1. The molecule has 0 aliphatic rings. The van der Waals surface area contributed by atoms with E-state index in [0.717, 1.165) is 13.1 Å². The fourth-order valence-electron chi connectivity index (χ4n) is 1.55. The smallest absolute Gasteiger partial charge is 0.253 e. The summed E-state index contributed by atoms with van der Waals surface area (Å²) in [5, 5.41) is 2.08. The molecule has 0 amide bonds. The van der Waals surface area contributed by atoms with Crippen molar-refractivity contribution < 1.29 is 0 Å². The highest BCUT2D eigenvalue weighted by molar-refractivity contribution is 5.35. The number of hydrogen-bond donors (Lipinski definition) is 1. The molecule has 0 saturated carbocycles. The minimum Gasteiger partial charge on any atom is -0.367 e. The second-order valence-corrected chi connectivity index (χ2v) is 2.97. The molecule has 14 heavy (non-hydrogen) atoms. The Morgan fingerprint density at radius 3 is 2.79 bits per heavy atom. The number of nitrogens with zero attached hydrogens (tertiary/aromatic N) is 5. The van der Waals surface area contributed by atoms with Crippen LogP contribution in [-0.2, 0) is 0 Å². The Bertz CT molecular complexity index is 424. The van der Waals surface area contributed by atoms with Gasteiger partial charge in [-0.15, -0.1) is 0 Å². The van der Waals surface area contributed by atoms with Crippen LogP contribution in [0, 0.1) is 0 Å². The Morgan fingerprint density at radius 2 is 2.14 bits per heavy atom. The van der Waals surface area contributed by atoms with Crippen LogP contribution in [0.1, 0.15) is 13.8 Å². The van der Waals surface area contributed by atoms with E-state index in [2.05, 4.69) is 28.8 Å². The fourth-order valence-corrected chi connectivity index (χ4v) is 1.55. The van der Waals surface area contributed by atoms with E-state index in [9.17, 15) is 0 Å². The van der Waals surface area contributed by atoms with Gasteiger partial charge in [0.1, 0.15) is 0 Å². The van der Waals surface area contributed by atoms with Crippen LogP contribution in [0.5, 0.6) is 0 Å². The summed E-state index contributed by atoms with van der Waals surface area (Å²) >= 11 is 0. The highest BCUT2D eigenvalue weighted by atomic mass is 15.7. The van der Waals surface area contributed by atoms with Crippen molar-refractivity contribution in [2.24, 2.45) is 0 Å². The van der Waals surface area contributed by atoms with Crippen molar-refractivity contribution in [3.8, 4) is 0 Å². The van der Waals surface area contributed by atoms with Gasteiger partial charge in [-0.3, -0.25) is 5.01 Å². The number of nitrogen functional groups attached to an aromatic ring is 1. The van der Waals surface area contributed by atoms with Gasteiger partial charge < -0.3 is 5.73 Å². The summed E-state index contributed by atoms with van der Waals surface area (Å²) in [6.45, 7) is 5.91. The van der Waals surface area contributed by atoms with E-state index in [4.69, 9.17) is 5.73 Å². The van der Waals surface area contributed by atoms with E-state index in [0.29, 0.717) is 11.7 Å². The standard InChI is InChI=1S/C8H14N6/c1-3-12(4-2)14-7(9)11-8-10-5-6-13(8)14/h5-6H,3-4H2,1-2H3,(H2,9,10,11). The lowest BCUT2D eigenvalue weighted by Crippen LogP contribution is -2.37. The van der Waals surface area contributed by atoms with Crippen molar-refractivity contribution in [1.29, 1.82) is 0 Å². The van der Waals surface area contributed by atoms with Crippen LogP contribution >= 0.6 is 0 Å². The minimum absolute atomic E-state index is 0.469. The molecule has 6 nitrogen and oxygen atoms in total. The number of rotatable bonds is 3.